The lowest BCUT2D eigenvalue weighted by molar-refractivity contribution is -0.0258. The van der Waals surface area contributed by atoms with Crippen LogP contribution in [-0.2, 0) is 14.9 Å². The van der Waals surface area contributed by atoms with Crippen molar-refractivity contribution < 1.29 is 13.3 Å². The molecule has 7 nitrogen and oxygen atoms in total. The fourth-order valence-corrected chi connectivity index (χ4v) is 4.39. The van der Waals surface area contributed by atoms with E-state index in [0.29, 0.717) is 10.9 Å². The van der Waals surface area contributed by atoms with Crippen molar-refractivity contribution in [3.63, 3.8) is 0 Å². The Balaban J connectivity index is 1.79. The van der Waals surface area contributed by atoms with Crippen molar-refractivity contribution in [1.29, 1.82) is 0 Å². The van der Waals surface area contributed by atoms with Crippen LogP contribution in [0.15, 0.2) is 59.1 Å². The summed E-state index contributed by atoms with van der Waals surface area (Å²) in [7, 11) is -1.08. The van der Waals surface area contributed by atoms with Gasteiger partial charge in [0.25, 0.3) is 10.0 Å². The second-order valence-corrected chi connectivity index (χ2v) is 8.62. The van der Waals surface area contributed by atoms with Crippen molar-refractivity contribution in [1.82, 2.24) is 14.4 Å². The first-order chi connectivity index (χ1) is 13.0. The van der Waals surface area contributed by atoms with Gasteiger partial charge in [-0.05, 0) is 42.5 Å². The summed E-state index contributed by atoms with van der Waals surface area (Å²) in [6, 6.07) is 12.5. The minimum Gasteiger partial charge on any atom is -0.355 e. The molecule has 2 aromatic heterocycles. The molecular formula is C18H16N4O3S2. The molecule has 0 radical (unpaired) electrons. The first-order valence-corrected chi connectivity index (χ1v) is 10.3. The molecule has 0 saturated carbocycles. The minimum atomic E-state index is -3.74. The van der Waals surface area contributed by atoms with E-state index in [0.717, 1.165) is 26.1 Å². The van der Waals surface area contributed by atoms with Crippen LogP contribution in [0, 0.1) is 0 Å². The normalized spacial score (nSPS) is 12.1. The van der Waals surface area contributed by atoms with E-state index in [4.69, 9.17) is 4.84 Å². The van der Waals surface area contributed by atoms with Gasteiger partial charge in [0.2, 0.25) is 0 Å². The van der Waals surface area contributed by atoms with Crippen molar-refractivity contribution in [2.45, 2.75) is 4.90 Å². The summed E-state index contributed by atoms with van der Waals surface area (Å²) in [5.41, 5.74) is 5.02. The van der Waals surface area contributed by atoms with E-state index in [9.17, 15) is 8.42 Å². The number of pyridine rings is 1. The van der Waals surface area contributed by atoms with Crippen LogP contribution >= 0.6 is 11.3 Å². The van der Waals surface area contributed by atoms with E-state index in [-0.39, 0.29) is 4.90 Å². The van der Waals surface area contributed by atoms with Gasteiger partial charge in [-0.2, -0.15) is 0 Å². The first kappa shape index (κ1) is 17.8. The lowest BCUT2D eigenvalue weighted by atomic mass is 10.2. The van der Waals surface area contributed by atoms with Crippen molar-refractivity contribution >= 4 is 53.9 Å². The van der Waals surface area contributed by atoms with E-state index in [1.165, 1.54) is 20.2 Å². The predicted octanol–water partition coefficient (Wildman–Crippen LogP) is 3.77. The van der Waals surface area contributed by atoms with Crippen LogP contribution in [0.4, 0.5) is 11.4 Å². The van der Waals surface area contributed by atoms with Crippen molar-refractivity contribution in [3.05, 3.63) is 54.2 Å². The molecule has 4 aromatic rings. The maximum absolute atomic E-state index is 12.5. The van der Waals surface area contributed by atoms with Crippen LogP contribution in [0.1, 0.15) is 0 Å². The Labute approximate surface area is 160 Å². The average molecular weight is 400 g/mol. The van der Waals surface area contributed by atoms with E-state index in [1.807, 2.05) is 24.3 Å². The number of nitrogens with one attached hydrogen (secondary N) is 1. The number of sulfonamides is 1. The molecule has 2 aromatic carbocycles. The van der Waals surface area contributed by atoms with Gasteiger partial charge in [-0.25, -0.2) is 13.4 Å². The average Bonchev–Trinajstić information content (AvgIpc) is 3.15. The summed E-state index contributed by atoms with van der Waals surface area (Å²) in [5, 5.41) is 4.03. The van der Waals surface area contributed by atoms with E-state index >= 15 is 0 Å². The highest BCUT2D eigenvalue weighted by atomic mass is 32.2. The second kappa shape index (κ2) is 6.86. The molecule has 0 fully saturated rings. The number of nitrogens with zero attached hydrogens (tertiary/aromatic N) is 3. The summed E-state index contributed by atoms with van der Waals surface area (Å²) >= 11 is 1.58. The molecule has 0 amide bonds. The molecule has 0 atom stereocenters. The van der Waals surface area contributed by atoms with Gasteiger partial charge in [-0.15, -0.1) is 11.3 Å². The quantitative estimate of drug-likeness (QED) is 0.514. The van der Waals surface area contributed by atoms with Gasteiger partial charge in [-0.1, -0.05) is 4.47 Å². The van der Waals surface area contributed by atoms with Gasteiger partial charge >= 0.3 is 0 Å². The van der Waals surface area contributed by atoms with Crippen LogP contribution in [0.25, 0.3) is 21.1 Å². The molecule has 1 N–H and O–H groups in total. The number of fused-ring (bicyclic) bond motifs is 2. The van der Waals surface area contributed by atoms with Gasteiger partial charge in [0, 0.05) is 30.0 Å². The molecule has 138 valence electrons. The summed E-state index contributed by atoms with van der Waals surface area (Å²) in [5.74, 6) is 0. The van der Waals surface area contributed by atoms with E-state index < -0.39 is 10.0 Å². The van der Waals surface area contributed by atoms with Gasteiger partial charge < -0.3 is 5.32 Å². The highest BCUT2D eigenvalue weighted by molar-refractivity contribution is 7.89. The lowest BCUT2D eigenvalue weighted by Gasteiger charge is -2.15. The third kappa shape index (κ3) is 3.26. The molecule has 0 aliphatic carbocycles. The largest absolute Gasteiger partial charge is 0.355 e. The summed E-state index contributed by atoms with van der Waals surface area (Å²) in [4.78, 5) is 13.6. The van der Waals surface area contributed by atoms with Gasteiger partial charge in [0.05, 0.1) is 33.2 Å². The summed E-state index contributed by atoms with van der Waals surface area (Å²) < 4.78 is 27.0. The zero-order valence-corrected chi connectivity index (χ0v) is 16.2. The van der Waals surface area contributed by atoms with Crippen molar-refractivity contribution in [3.8, 4) is 0 Å². The van der Waals surface area contributed by atoms with Crippen molar-refractivity contribution in [2.24, 2.45) is 0 Å². The molecule has 0 unspecified atom stereocenters. The molecule has 0 bridgehead atoms. The number of anilines is 2. The van der Waals surface area contributed by atoms with Gasteiger partial charge in [0.15, 0.2) is 0 Å². The monoisotopic (exact) mass is 400 g/mol. The zero-order chi connectivity index (χ0) is 19.0. The van der Waals surface area contributed by atoms with Crippen LogP contribution in [0.5, 0.6) is 0 Å². The van der Waals surface area contributed by atoms with Crippen LogP contribution < -0.4 is 5.32 Å². The standard InChI is InChI=1S/C18H16N4O3S2/c1-22(25-2)27(23,24)13-4-5-15-14(10-13)16(7-8-19-15)21-12-3-6-18-17(9-12)20-11-26-18/h3-11H,1-2H3,(H,19,21). The van der Waals surface area contributed by atoms with Crippen molar-refractivity contribution in [2.75, 3.05) is 19.5 Å². The third-order valence-electron chi connectivity index (χ3n) is 4.22. The highest BCUT2D eigenvalue weighted by Gasteiger charge is 2.21. The number of hydroxylamine groups is 1. The molecule has 9 heteroatoms. The number of thiazole rings is 1. The van der Waals surface area contributed by atoms with E-state index in [2.05, 4.69) is 15.3 Å². The lowest BCUT2D eigenvalue weighted by Crippen LogP contribution is -2.25. The first-order valence-electron chi connectivity index (χ1n) is 8.01. The minimum absolute atomic E-state index is 0.130. The molecule has 27 heavy (non-hydrogen) atoms. The SMILES string of the molecule is CON(C)S(=O)(=O)c1ccc2nccc(Nc3ccc4scnc4c3)c2c1. The fraction of sp³-hybridized carbons (Fsp3) is 0.111. The zero-order valence-electron chi connectivity index (χ0n) is 14.6. The summed E-state index contributed by atoms with van der Waals surface area (Å²) in [6.45, 7) is 0. The van der Waals surface area contributed by atoms with Gasteiger partial charge in [0.1, 0.15) is 0 Å². The topological polar surface area (TPSA) is 84.4 Å². The predicted molar refractivity (Wildman–Crippen MR) is 107 cm³/mol. The Morgan fingerprint density at radius 1 is 1.07 bits per heavy atom. The Morgan fingerprint density at radius 2 is 1.93 bits per heavy atom. The fourth-order valence-electron chi connectivity index (χ4n) is 2.73. The van der Waals surface area contributed by atoms with Crippen LogP contribution in [-0.4, -0.2) is 37.0 Å². The third-order valence-corrected chi connectivity index (χ3v) is 6.70. The molecule has 0 aliphatic rings. The van der Waals surface area contributed by atoms with E-state index in [1.54, 1.807) is 35.2 Å². The van der Waals surface area contributed by atoms with Gasteiger partial charge in [-0.3, -0.25) is 9.82 Å². The Bertz CT molecular complexity index is 1240. The second-order valence-electron chi connectivity index (χ2n) is 5.79. The summed E-state index contributed by atoms with van der Waals surface area (Å²) in [6.07, 6.45) is 1.68. The van der Waals surface area contributed by atoms with Crippen LogP contribution in [0.3, 0.4) is 0 Å². The molecule has 0 saturated heterocycles. The number of hydrogen-bond donors (Lipinski definition) is 1. The Hall–Kier alpha value is -2.59. The molecule has 2 heterocycles. The molecular weight excluding hydrogens is 384 g/mol. The number of aromatic nitrogens is 2. The number of benzene rings is 2. The molecule has 0 spiro atoms. The maximum Gasteiger partial charge on any atom is 0.264 e. The number of hydrogen-bond acceptors (Lipinski definition) is 7. The number of rotatable bonds is 5. The molecule has 4 rings (SSSR count). The smallest absolute Gasteiger partial charge is 0.264 e. The highest BCUT2D eigenvalue weighted by Crippen LogP contribution is 2.30. The maximum atomic E-state index is 12.5. The Morgan fingerprint density at radius 3 is 2.74 bits per heavy atom. The molecule has 0 aliphatic heterocycles. The van der Waals surface area contributed by atoms with Crippen LogP contribution in [0.2, 0.25) is 0 Å². The Kier molecular flexibility index (Phi) is 4.52.